The molecule has 0 spiro atoms. The third kappa shape index (κ3) is 6.27. The van der Waals surface area contributed by atoms with Gasteiger partial charge in [-0.15, -0.1) is 0 Å². The molecule has 3 aromatic carbocycles. The number of esters is 1. The van der Waals surface area contributed by atoms with E-state index in [0.717, 1.165) is 11.1 Å². The topological polar surface area (TPSA) is 106 Å². The molecule has 0 aliphatic heterocycles. The fraction of sp³-hybridized carbons (Fsp3) is 0.120. The van der Waals surface area contributed by atoms with E-state index in [9.17, 15) is 14.4 Å². The summed E-state index contributed by atoms with van der Waals surface area (Å²) >= 11 is 0. The lowest BCUT2D eigenvalue weighted by molar-refractivity contribution is -0.136. The monoisotopic (exact) mass is 445 g/mol. The highest BCUT2D eigenvalue weighted by molar-refractivity contribution is 6.39. The smallest absolute Gasteiger partial charge is 0.347 e. The molecule has 33 heavy (non-hydrogen) atoms. The molecule has 0 bridgehead atoms. The molecule has 0 atom stereocenters. The van der Waals surface area contributed by atoms with Crippen LogP contribution in [0.2, 0.25) is 0 Å². The SMILES string of the molecule is COc1ccccc1C(=O)Oc1cccc(/C=N/NC(=O)C(=O)Nc2ccc(C)c(C)c2)c1. The van der Waals surface area contributed by atoms with Crippen LogP contribution in [-0.4, -0.2) is 31.1 Å². The van der Waals surface area contributed by atoms with E-state index in [1.807, 2.05) is 19.9 Å². The molecular formula is C25H23N3O5. The van der Waals surface area contributed by atoms with E-state index in [-0.39, 0.29) is 5.75 Å². The lowest BCUT2D eigenvalue weighted by Crippen LogP contribution is -2.32. The second-order valence-electron chi connectivity index (χ2n) is 7.11. The van der Waals surface area contributed by atoms with Crippen molar-refractivity contribution in [1.82, 2.24) is 5.43 Å². The molecule has 2 amide bonds. The van der Waals surface area contributed by atoms with Crippen LogP contribution >= 0.6 is 0 Å². The van der Waals surface area contributed by atoms with E-state index in [1.54, 1.807) is 60.7 Å². The Kier molecular flexibility index (Phi) is 7.54. The van der Waals surface area contributed by atoms with Crippen LogP contribution in [0.4, 0.5) is 5.69 Å². The molecule has 168 valence electrons. The second kappa shape index (κ2) is 10.7. The highest BCUT2D eigenvalue weighted by atomic mass is 16.5. The first-order valence-corrected chi connectivity index (χ1v) is 10.0. The summed E-state index contributed by atoms with van der Waals surface area (Å²) in [6, 6.07) is 18.6. The number of methoxy groups -OCH3 is 1. The van der Waals surface area contributed by atoms with Gasteiger partial charge in [0.2, 0.25) is 0 Å². The van der Waals surface area contributed by atoms with Crippen molar-refractivity contribution in [2.75, 3.05) is 12.4 Å². The molecule has 0 heterocycles. The summed E-state index contributed by atoms with van der Waals surface area (Å²) in [6.45, 7) is 3.87. The van der Waals surface area contributed by atoms with Crippen LogP contribution in [0.25, 0.3) is 0 Å². The maximum atomic E-state index is 12.4. The number of hydrogen-bond acceptors (Lipinski definition) is 6. The van der Waals surface area contributed by atoms with Gasteiger partial charge in [-0.2, -0.15) is 5.10 Å². The number of aryl methyl sites for hydroxylation is 2. The zero-order chi connectivity index (χ0) is 23.8. The first-order chi connectivity index (χ1) is 15.9. The summed E-state index contributed by atoms with van der Waals surface area (Å²) in [5.41, 5.74) is 5.62. The molecule has 8 heteroatoms. The van der Waals surface area contributed by atoms with E-state index >= 15 is 0 Å². The van der Waals surface area contributed by atoms with Gasteiger partial charge < -0.3 is 14.8 Å². The average Bonchev–Trinajstić information content (AvgIpc) is 2.81. The van der Waals surface area contributed by atoms with E-state index in [1.165, 1.54) is 13.3 Å². The van der Waals surface area contributed by atoms with Gasteiger partial charge in [0.15, 0.2) is 0 Å². The van der Waals surface area contributed by atoms with Crippen molar-refractivity contribution >= 4 is 29.7 Å². The number of nitrogens with zero attached hydrogens (tertiary/aromatic N) is 1. The molecule has 3 rings (SSSR count). The predicted molar refractivity (Wildman–Crippen MR) is 125 cm³/mol. The summed E-state index contributed by atoms with van der Waals surface area (Å²) in [4.78, 5) is 36.5. The van der Waals surface area contributed by atoms with Gasteiger partial charge in [-0.25, -0.2) is 10.2 Å². The Labute approximate surface area is 191 Å². The summed E-state index contributed by atoms with van der Waals surface area (Å²) in [7, 11) is 1.47. The van der Waals surface area contributed by atoms with Gasteiger partial charge in [0.05, 0.1) is 13.3 Å². The molecule has 0 aliphatic carbocycles. The lowest BCUT2D eigenvalue weighted by atomic mass is 10.1. The van der Waals surface area contributed by atoms with Crippen LogP contribution < -0.4 is 20.2 Å². The maximum Gasteiger partial charge on any atom is 0.347 e. The average molecular weight is 445 g/mol. The van der Waals surface area contributed by atoms with Crippen LogP contribution in [0.1, 0.15) is 27.0 Å². The van der Waals surface area contributed by atoms with Crippen molar-refractivity contribution in [1.29, 1.82) is 0 Å². The van der Waals surface area contributed by atoms with Crippen molar-refractivity contribution in [2.45, 2.75) is 13.8 Å². The third-order valence-corrected chi connectivity index (χ3v) is 4.75. The quantitative estimate of drug-likeness (QED) is 0.198. The zero-order valence-electron chi connectivity index (χ0n) is 18.4. The zero-order valence-corrected chi connectivity index (χ0v) is 18.4. The van der Waals surface area contributed by atoms with E-state index < -0.39 is 17.8 Å². The molecule has 0 aliphatic rings. The molecule has 0 aromatic heterocycles. The second-order valence-corrected chi connectivity index (χ2v) is 7.11. The van der Waals surface area contributed by atoms with Crippen LogP contribution in [0, 0.1) is 13.8 Å². The van der Waals surface area contributed by atoms with Crippen molar-refractivity contribution in [3.05, 3.63) is 89.0 Å². The molecule has 8 nitrogen and oxygen atoms in total. The third-order valence-electron chi connectivity index (χ3n) is 4.75. The van der Waals surface area contributed by atoms with Crippen molar-refractivity contribution in [2.24, 2.45) is 5.10 Å². The Balaban J connectivity index is 1.58. The number of benzene rings is 3. The van der Waals surface area contributed by atoms with Gasteiger partial charge in [0, 0.05) is 5.69 Å². The molecule has 0 radical (unpaired) electrons. The minimum atomic E-state index is -0.914. The predicted octanol–water partition coefficient (Wildman–Crippen LogP) is 3.62. The number of hydrogen-bond donors (Lipinski definition) is 2. The van der Waals surface area contributed by atoms with Gasteiger partial charge in [0.25, 0.3) is 0 Å². The van der Waals surface area contributed by atoms with E-state index in [0.29, 0.717) is 22.6 Å². The number of amides is 2. The molecule has 3 aromatic rings. The van der Waals surface area contributed by atoms with Crippen LogP contribution in [-0.2, 0) is 9.59 Å². The van der Waals surface area contributed by atoms with E-state index in [4.69, 9.17) is 9.47 Å². The Morgan fingerprint density at radius 2 is 1.67 bits per heavy atom. The van der Waals surface area contributed by atoms with Crippen molar-refractivity contribution in [3.63, 3.8) is 0 Å². The first-order valence-electron chi connectivity index (χ1n) is 10.0. The van der Waals surface area contributed by atoms with E-state index in [2.05, 4.69) is 15.8 Å². The Morgan fingerprint density at radius 1 is 0.879 bits per heavy atom. The van der Waals surface area contributed by atoms with Crippen LogP contribution in [0.3, 0.4) is 0 Å². The number of nitrogens with one attached hydrogen (secondary N) is 2. The number of anilines is 1. The summed E-state index contributed by atoms with van der Waals surface area (Å²) in [5, 5.41) is 6.32. The highest BCUT2D eigenvalue weighted by Crippen LogP contribution is 2.21. The number of ether oxygens (including phenoxy) is 2. The molecular weight excluding hydrogens is 422 g/mol. The minimum Gasteiger partial charge on any atom is -0.496 e. The minimum absolute atomic E-state index is 0.286. The van der Waals surface area contributed by atoms with Crippen molar-refractivity contribution < 1.29 is 23.9 Å². The molecule has 0 saturated heterocycles. The Morgan fingerprint density at radius 3 is 2.42 bits per heavy atom. The normalized spacial score (nSPS) is 10.5. The fourth-order valence-electron chi connectivity index (χ4n) is 2.86. The van der Waals surface area contributed by atoms with Gasteiger partial charge in [-0.1, -0.05) is 30.3 Å². The van der Waals surface area contributed by atoms with Gasteiger partial charge >= 0.3 is 17.8 Å². The molecule has 2 N–H and O–H groups in total. The highest BCUT2D eigenvalue weighted by Gasteiger charge is 2.15. The summed E-state index contributed by atoms with van der Waals surface area (Å²) in [5.74, 6) is -1.63. The summed E-state index contributed by atoms with van der Waals surface area (Å²) in [6.07, 6.45) is 1.33. The van der Waals surface area contributed by atoms with Gasteiger partial charge in [-0.05, 0) is 66.9 Å². The number of carbonyl (C=O) groups is 3. The maximum absolute atomic E-state index is 12.4. The first kappa shape index (κ1) is 23.2. The van der Waals surface area contributed by atoms with Gasteiger partial charge in [-0.3, -0.25) is 9.59 Å². The van der Waals surface area contributed by atoms with Gasteiger partial charge in [0.1, 0.15) is 17.1 Å². The number of carbonyl (C=O) groups excluding carboxylic acids is 3. The largest absolute Gasteiger partial charge is 0.496 e. The fourth-order valence-corrected chi connectivity index (χ4v) is 2.86. The molecule has 0 saturated carbocycles. The summed E-state index contributed by atoms with van der Waals surface area (Å²) < 4.78 is 10.6. The number of hydrazone groups is 1. The Hall–Kier alpha value is -4.46. The van der Waals surface area contributed by atoms with Crippen molar-refractivity contribution in [3.8, 4) is 11.5 Å². The molecule has 0 unspecified atom stereocenters. The standard InChI is InChI=1S/C25H23N3O5/c1-16-11-12-19(13-17(16)2)27-23(29)24(30)28-26-15-18-7-6-8-20(14-18)33-25(31)21-9-4-5-10-22(21)32-3/h4-15H,1-3H3,(H,27,29)(H,28,30)/b26-15+. The van der Waals surface area contributed by atoms with Crippen LogP contribution in [0.5, 0.6) is 11.5 Å². The molecule has 0 fully saturated rings. The van der Waals surface area contributed by atoms with Crippen LogP contribution in [0.15, 0.2) is 71.8 Å². The number of para-hydroxylation sites is 1. The number of rotatable bonds is 6. The lowest BCUT2D eigenvalue weighted by Gasteiger charge is -2.08. The Bertz CT molecular complexity index is 1220.